The van der Waals surface area contributed by atoms with E-state index in [2.05, 4.69) is 45.0 Å². The fourth-order valence-corrected chi connectivity index (χ4v) is 12.4. The van der Waals surface area contributed by atoms with Gasteiger partial charge in [0.25, 0.3) is 8.32 Å². The first-order valence-electron chi connectivity index (χ1n) is 22.1. The molecular weight excluding hydrogens is 964 g/mol. The Bertz CT molecular complexity index is 2010. The highest BCUT2D eigenvalue weighted by molar-refractivity contribution is 6.99. The minimum Gasteiger partial charge on any atom is -0.494 e. The van der Waals surface area contributed by atoms with Crippen LogP contribution in [0.3, 0.4) is 0 Å². The summed E-state index contributed by atoms with van der Waals surface area (Å²) < 4.78 is 217. The Balaban J connectivity index is 1.33. The number of halogens is 13. The minimum atomic E-state index is -7.93. The van der Waals surface area contributed by atoms with Crippen molar-refractivity contribution in [3.63, 3.8) is 0 Å². The van der Waals surface area contributed by atoms with Gasteiger partial charge in [0.05, 0.1) is 38.6 Å². The molecule has 3 aromatic carbocycles. The molecule has 0 saturated carbocycles. The molecule has 3 aromatic rings. The fourth-order valence-electron chi connectivity index (χ4n) is 7.82. The second kappa shape index (κ2) is 22.8. The van der Waals surface area contributed by atoms with Crippen molar-refractivity contribution >= 4 is 18.7 Å². The highest BCUT2D eigenvalue weighted by Crippen LogP contribution is 2.60. The van der Waals surface area contributed by atoms with Gasteiger partial charge in [0.1, 0.15) is 18.0 Å². The third-order valence-corrected chi connectivity index (χ3v) is 16.5. The van der Waals surface area contributed by atoms with Crippen LogP contribution in [0.2, 0.25) is 5.04 Å². The number of hydrogen-bond donors (Lipinski definition) is 0. The standard InChI is InChI=1S/C48H59F13O7Si/c1-33(65-32-34-22-24-35(25-23-34)63-28-15-27-43(49,50)44(51,52)45(53,54)46(55,56)47(57,58)48(59,60)61)16-14-21-38(64-31-30-62-7)40-39(67-42(5,6)68-40)26-29-66-69(41(2,3)4,36-17-10-8-11-18-36)37-19-12-9-13-20-37/h8-14,17-25,33,38-40H,15-16,26-32H2,1-7H3/b21-14-/t33-,38?,39-,40+/m1/s1. The first-order chi connectivity index (χ1) is 31.9. The Morgan fingerprint density at radius 1 is 0.667 bits per heavy atom. The molecule has 0 bridgehead atoms. The Labute approximate surface area is 394 Å². The van der Waals surface area contributed by atoms with Crippen molar-refractivity contribution in [2.45, 2.75) is 145 Å². The zero-order chi connectivity index (χ0) is 51.7. The zero-order valence-corrected chi connectivity index (χ0v) is 40.2. The molecule has 0 spiro atoms. The van der Waals surface area contributed by atoms with Crippen LogP contribution in [0, 0.1) is 0 Å². The van der Waals surface area contributed by atoms with Crippen LogP contribution in [0.5, 0.6) is 5.75 Å². The first kappa shape index (κ1) is 57.8. The van der Waals surface area contributed by atoms with Crippen molar-refractivity contribution in [3.05, 3.63) is 103 Å². The van der Waals surface area contributed by atoms with Crippen LogP contribution in [0.25, 0.3) is 0 Å². The summed E-state index contributed by atoms with van der Waals surface area (Å²) in [4.78, 5) is 0. The number of methoxy groups -OCH3 is 1. The quantitative estimate of drug-likeness (QED) is 0.0343. The third-order valence-electron chi connectivity index (χ3n) is 11.4. The number of alkyl halides is 13. The van der Waals surface area contributed by atoms with E-state index in [0.717, 1.165) is 10.4 Å². The SMILES string of the molecule is COCCOC(/C=C\C[C@@H](C)OCc1ccc(OCCCC(F)(F)C(F)(F)C(F)(F)C(F)(F)C(F)(F)C(F)(F)F)cc1)[C@@H]1OC(C)(C)O[C@@H]1CCO[Si](c1ccccc1)(c1ccccc1)C(C)(C)C. The van der Waals surface area contributed by atoms with E-state index in [1.165, 1.54) is 24.3 Å². The van der Waals surface area contributed by atoms with Crippen LogP contribution < -0.4 is 15.1 Å². The normalized spacial score (nSPS) is 18.7. The lowest BCUT2D eigenvalue weighted by Gasteiger charge is -2.43. The lowest BCUT2D eigenvalue weighted by molar-refractivity contribution is -0.440. The van der Waals surface area contributed by atoms with Gasteiger partial charge in [0.2, 0.25) is 0 Å². The van der Waals surface area contributed by atoms with Gasteiger partial charge in [-0.2, -0.15) is 57.1 Å². The molecule has 388 valence electrons. The summed E-state index contributed by atoms with van der Waals surface area (Å²) in [5.41, 5.74) is 0.603. The topological polar surface area (TPSA) is 64.6 Å². The zero-order valence-electron chi connectivity index (χ0n) is 39.2. The number of ether oxygens (including phenoxy) is 6. The molecule has 21 heteroatoms. The van der Waals surface area contributed by atoms with Gasteiger partial charge >= 0.3 is 35.8 Å². The van der Waals surface area contributed by atoms with Gasteiger partial charge in [-0.1, -0.05) is 106 Å². The Kier molecular flexibility index (Phi) is 19.1. The molecule has 4 atom stereocenters. The van der Waals surface area contributed by atoms with E-state index in [1.807, 2.05) is 69.3 Å². The van der Waals surface area contributed by atoms with E-state index in [4.69, 9.17) is 32.8 Å². The molecule has 1 fully saturated rings. The number of rotatable bonds is 26. The largest absolute Gasteiger partial charge is 0.494 e. The van der Waals surface area contributed by atoms with E-state index in [9.17, 15) is 57.1 Å². The van der Waals surface area contributed by atoms with Gasteiger partial charge in [0.15, 0.2) is 5.79 Å². The Hall–Kier alpha value is -3.73. The van der Waals surface area contributed by atoms with Crippen molar-refractivity contribution in [2.24, 2.45) is 0 Å². The molecule has 1 aliphatic heterocycles. The van der Waals surface area contributed by atoms with Crippen molar-refractivity contribution < 1.29 is 89.9 Å². The molecule has 7 nitrogen and oxygen atoms in total. The van der Waals surface area contributed by atoms with Crippen molar-refractivity contribution in [2.75, 3.05) is 33.5 Å². The van der Waals surface area contributed by atoms with Gasteiger partial charge in [-0.25, -0.2) is 0 Å². The van der Waals surface area contributed by atoms with E-state index in [-0.39, 0.29) is 30.1 Å². The summed E-state index contributed by atoms with van der Waals surface area (Å²) in [6.45, 7) is 12.3. The molecule has 4 rings (SSSR count). The van der Waals surface area contributed by atoms with Crippen molar-refractivity contribution in [1.29, 1.82) is 0 Å². The lowest BCUT2D eigenvalue weighted by Crippen LogP contribution is -2.70. The predicted octanol–water partition coefficient (Wildman–Crippen LogP) is 12.0. The number of hydrogen-bond acceptors (Lipinski definition) is 7. The highest BCUT2D eigenvalue weighted by atomic mass is 28.4. The van der Waals surface area contributed by atoms with Crippen LogP contribution in [0.1, 0.15) is 72.8 Å². The van der Waals surface area contributed by atoms with Crippen LogP contribution >= 0.6 is 0 Å². The second-order valence-corrected chi connectivity index (χ2v) is 22.5. The lowest BCUT2D eigenvalue weighted by atomic mass is 9.92. The highest BCUT2D eigenvalue weighted by Gasteiger charge is 2.90. The monoisotopic (exact) mass is 1020 g/mol. The Morgan fingerprint density at radius 2 is 1.22 bits per heavy atom. The molecule has 1 saturated heterocycles. The smallest absolute Gasteiger partial charge is 0.460 e. The van der Waals surface area contributed by atoms with Crippen LogP contribution in [0.4, 0.5) is 57.1 Å². The van der Waals surface area contributed by atoms with Crippen LogP contribution in [-0.2, 0) is 34.7 Å². The summed E-state index contributed by atoms with van der Waals surface area (Å²) in [6, 6.07) is 26.2. The van der Waals surface area contributed by atoms with Gasteiger partial charge < -0.3 is 32.8 Å². The minimum absolute atomic E-state index is 0.0276. The van der Waals surface area contributed by atoms with Gasteiger partial charge in [0, 0.05) is 20.1 Å². The number of benzene rings is 3. The fraction of sp³-hybridized carbons (Fsp3) is 0.583. The van der Waals surface area contributed by atoms with Crippen molar-refractivity contribution in [3.8, 4) is 5.75 Å². The third kappa shape index (κ3) is 13.2. The molecule has 1 aliphatic rings. The molecule has 0 N–H and O–H groups in total. The molecule has 0 aliphatic carbocycles. The molecular formula is C48H59F13O7Si. The molecule has 1 unspecified atom stereocenters. The van der Waals surface area contributed by atoms with E-state index < -0.39 is 87.7 Å². The summed E-state index contributed by atoms with van der Waals surface area (Å²) in [6.07, 6.45) is -8.11. The molecule has 0 radical (unpaired) electrons. The molecule has 0 amide bonds. The predicted molar refractivity (Wildman–Crippen MR) is 234 cm³/mol. The van der Waals surface area contributed by atoms with E-state index in [0.29, 0.717) is 31.6 Å². The van der Waals surface area contributed by atoms with Crippen LogP contribution in [-0.4, -0.2) is 108 Å². The van der Waals surface area contributed by atoms with E-state index in [1.54, 1.807) is 7.11 Å². The summed E-state index contributed by atoms with van der Waals surface area (Å²) in [7, 11) is -1.27. The van der Waals surface area contributed by atoms with Crippen LogP contribution in [0.15, 0.2) is 97.1 Å². The first-order valence-corrected chi connectivity index (χ1v) is 24.0. The molecule has 0 aromatic heterocycles. The average molecular weight is 1020 g/mol. The summed E-state index contributed by atoms with van der Waals surface area (Å²) in [5, 5.41) is 2.06. The molecule has 69 heavy (non-hydrogen) atoms. The summed E-state index contributed by atoms with van der Waals surface area (Å²) >= 11 is 0. The maximum absolute atomic E-state index is 14.1. The van der Waals surface area contributed by atoms with Gasteiger partial charge in [-0.3, -0.25) is 0 Å². The van der Waals surface area contributed by atoms with Gasteiger partial charge in [-0.15, -0.1) is 0 Å². The summed E-state index contributed by atoms with van der Waals surface area (Å²) in [5.74, 6) is -37.9. The maximum atomic E-state index is 14.1. The molecule has 1 heterocycles. The van der Waals surface area contributed by atoms with Gasteiger partial charge in [-0.05, 0) is 73.1 Å². The second-order valence-electron chi connectivity index (χ2n) is 18.1. The average Bonchev–Trinajstić information content (AvgIpc) is 3.58. The van der Waals surface area contributed by atoms with Crippen molar-refractivity contribution in [1.82, 2.24) is 0 Å². The maximum Gasteiger partial charge on any atom is 0.460 e. The Morgan fingerprint density at radius 3 is 1.74 bits per heavy atom. The van der Waals surface area contributed by atoms with E-state index >= 15 is 0 Å².